The van der Waals surface area contributed by atoms with Gasteiger partial charge in [-0.2, -0.15) is 0 Å². The molecule has 0 amide bonds. The number of hydrogen-bond donors (Lipinski definition) is 0. The van der Waals surface area contributed by atoms with E-state index in [4.69, 9.17) is 0 Å². The van der Waals surface area contributed by atoms with Gasteiger partial charge >= 0.3 is 0 Å². The van der Waals surface area contributed by atoms with E-state index in [2.05, 4.69) is 45.7 Å². The van der Waals surface area contributed by atoms with Crippen LogP contribution in [0.3, 0.4) is 0 Å². The zero-order valence-corrected chi connectivity index (χ0v) is 11.4. The molecule has 0 aliphatic carbocycles. The van der Waals surface area contributed by atoms with Crippen molar-refractivity contribution in [3.05, 3.63) is 0 Å². The summed E-state index contributed by atoms with van der Waals surface area (Å²) in [4.78, 5) is 0. The number of rotatable bonds is 7. The normalized spacial score (nSPS) is 12.0. The van der Waals surface area contributed by atoms with Crippen molar-refractivity contribution < 1.29 is 0 Å². The summed E-state index contributed by atoms with van der Waals surface area (Å²) >= 11 is 7.46. The van der Waals surface area contributed by atoms with Crippen molar-refractivity contribution in [3.8, 4) is 0 Å². The topological polar surface area (TPSA) is 0 Å². The smallest absolute Gasteiger partial charge is 0.0727 e. The second kappa shape index (κ2) is 7.37. The van der Waals surface area contributed by atoms with Gasteiger partial charge in [0.1, 0.15) is 0 Å². The molecule has 12 heavy (non-hydrogen) atoms. The summed E-state index contributed by atoms with van der Waals surface area (Å²) in [7, 11) is 0. The minimum atomic E-state index is 0.227. The molecule has 0 spiro atoms. The first-order chi connectivity index (χ1) is 5.62. The van der Waals surface area contributed by atoms with Crippen molar-refractivity contribution in [1.82, 2.24) is 0 Å². The Morgan fingerprint density at radius 2 is 1.33 bits per heavy atom. The van der Waals surface area contributed by atoms with Crippen molar-refractivity contribution in [2.24, 2.45) is 0 Å². The Morgan fingerprint density at radius 3 is 1.83 bits per heavy atom. The predicted octanol–water partition coefficient (Wildman–Crippen LogP) is 5.24. The molecule has 0 saturated carbocycles. The average Bonchev–Trinajstić information content (AvgIpc) is 2.01. The van der Waals surface area contributed by atoms with Gasteiger partial charge in [0.2, 0.25) is 0 Å². The summed E-state index contributed by atoms with van der Waals surface area (Å²) in [6.45, 7) is 4.48. The van der Waals surface area contributed by atoms with E-state index in [1.807, 2.05) is 0 Å². The first-order valence-corrected chi connectivity index (χ1v) is 6.59. The van der Waals surface area contributed by atoms with Gasteiger partial charge < -0.3 is 0 Å². The molecule has 0 radical (unpaired) electrons. The summed E-state index contributed by atoms with van der Waals surface area (Å²) in [5.74, 6) is 0. The lowest BCUT2D eigenvalue weighted by atomic mass is 10.1. The summed E-state index contributed by atoms with van der Waals surface area (Å²) in [6, 6.07) is 0. The molecule has 0 aromatic rings. The Bertz CT molecular complexity index is 100. The lowest BCUT2D eigenvalue weighted by Gasteiger charge is -2.19. The Balaban J connectivity index is 3.42. The number of unbranched alkanes of at least 4 members (excludes halogenated alkanes) is 3. The van der Waals surface area contributed by atoms with Gasteiger partial charge in [-0.05, 0) is 12.8 Å². The van der Waals surface area contributed by atoms with Gasteiger partial charge in [0.15, 0.2) is 0 Å². The summed E-state index contributed by atoms with van der Waals surface area (Å²) < 4.78 is 0.227. The van der Waals surface area contributed by atoms with Gasteiger partial charge in [-0.15, -0.1) is 0 Å². The molecule has 74 valence electrons. The SMILES string of the molecule is CCCCCC(Br)(Br)CCCC. The Labute approximate surface area is 93.8 Å². The second-order valence-corrected chi connectivity index (χ2v) is 7.52. The maximum atomic E-state index is 3.73. The highest BCUT2D eigenvalue weighted by Gasteiger charge is 2.20. The van der Waals surface area contributed by atoms with E-state index in [-0.39, 0.29) is 3.23 Å². The molecule has 0 atom stereocenters. The fourth-order valence-corrected chi connectivity index (χ4v) is 2.32. The Kier molecular flexibility index (Phi) is 7.96. The van der Waals surface area contributed by atoms with Crippen LogP contribution < -0.4 is 0 Å². The fourth-order valence-electron chi connectivity index (χ4n) is 1.19. The van der Waals surface area contributed by atoms with Gasteiger partial charge in [-0.3, -0.25) is 0 Å². The second-order valence-electron chi connectivity index (χ2n) is 3.42. The minimum absolute atomic E-state index is 0.227. The molecule has 0 rings (SSSR count). The van der Waals surface area contributed by atoms with Crippen LogP contribution in [0.2, 0.25) is 0 Å². The monoisotopic (exact) mass is 298 g/mol. The molecular formula is C10H20Br2. The molecule has 2 heteroatoms. The first-order valence-electron chi connectivity index (χ1n) is 5.00. The zero-order valence-electron chi connectivity index (χ0n) is 8.21. The summed E-state index contributed by atoms with van der Waals surface area (Å²) in [5, 5.41) is 0. The van der Waals surface area contributed by atoms with Crippen LogP contribution in [0.1, 0.15) is 58.8 Å². The lowest BCUT2D eigenvalue weighted by Crippen LogP contribution is -2.10. The van der Waals surface area contributed by atoms with Gasteiger partial charge in [0.05, 0.1) is 3.23 Å². The highest BCUT2D eigenvalue weighted by molar-refractivity contribution is 9.25. The van der Waals surface area contributed by atoms with Crippen LogP contribution in [-0.2, 0) is 0 Å². The van der Waals surface area contributed by atoms with E-state index in [9.17, 15) is 0 Å². The highest BCUT2D eigenvalue weighted by Crippen LogP contribution is 2.37. The fraction of sp³-hybridized carbons (Fsp3) is 1.00. The van der Waals surface area contributed by atoms with E-state index >= 15 is 0 Å². The lowest BCUT2D eigenvalue weighted by molar-refractivity contribution is 0.583. The molecule has 0 unspecified atom stereocenters. The van der Waals surface area contributed by atoms with Crippen LogP contribution in [0.5, 0.6) is 0 Å². The molecule has 0 saturated heterocycles. The molecule has 0 heterocycles. The van der Waals surface area contributed by atoms with E-state index in [1.165, 1.54) is 44.9 Å². The molecule has 0 aliphatic heterocycles. The largest absolute Gasteiger partial charge is 0.0805 e. The van der Waals surface area contributed by atoms with Crippen molar-refractivity contribution in [3.63, 3.8) is 0 Å². The summed E-state index contributed by atoms with van der Waals surface area (Å²) in [5.41, 5.74) is 0. The number of halogens is 2. The van der Waals surface area contributed by atoms with Crippen LogP contribution in [-0.4, -0.2) is 3.23 Å². The average molecular weight is 300 g/mol. The van der Waals surface area contributed by atoms with Gasteiger partial charge in [0, 0.05) is 0 Å². The van der Waals surface area contributed by atoms with Gasteiger partial charge in [-0.1, -0.05) is 77.8 Å². The van der Waals surface area contributed by atoms with Crippen molar-refractivity contribution in [1.29, 1.82) is 0 Å². The Morgan fingerprint density at radius 1 is 0.833 bits per heavy atom. The molecule has 0 aromatic heterocycles. The molecule has 0 aromatic carbocycles. The van der Waals surface area contributed by atoms with E-state index in [0.717, 1.165) is 0 Å². The molecule has 0 N–H and O–H groups in total. The van der Waals surface area contributed by atoms with Crippen LogP contribution in [0.15, 0.2) is 0 Å². The van der Waals surface area contributed by atoms with E-state index in [1.54, 1.807) is 0 Å². The standard InChI is InChI=1S/C10H20Br2/c1-3-5-7-9-10(11,12)8-6-4-2/h3-9H2,1-2H3. The van der Waals surface area contributed by atoms with Crippen molar-refractivity contribution in [2.45, 2.75) is 62.0 Å². The first kappa shape index (κ1) is 13.0. The zero-order chi connectivity index (χ0) is 9.45. The van der Waals surface area contributed by atoms with Crippen LogP contribution in [0.25, 0.3) is 0 Å². The van der Waals surface area contributed by atoms with Crippen molar-refractivity contribution >= 4 is 31.9 Å². The molecular weight excluding hydrogens is 280 g/mol. The van der Waals surface area contributed by atoms with Gasteiger partial charge in [-0.25, -0.2) is 0 Å². The third-order valence-corrected chi connectivity index (χ3v) is 3.63. The van der Waals surface area contributed by atoms with Crippen LogP contribution >= 0.6 is 31.9 Å². The maximum absolute atomic E-state index is 3.73. The number of alkyl halides is 2. The van der Waals surface area contributed by atoms with Crippen molar-refractivity contribution in [2.75, 3.05) is 0 Å². The van der Waals surface area contributed by atoms with Crippen LogP contribution in [0, 0.1) is 0 Å². The molecule has 0 nitrogen and oxygen atoms in total. The van der Waals surface area contributed by atoms with E-state index < -0.39 is 0 Å². The predicted molar refractivity (Wildman–Crippen MR) is 64.3 cm³/mol. The number of hydrogen-bond acceptors (Lipinski definition) is 0. The Hall–Kier alpha value is 0.960. The van der Waals surface area contributed by atoms with E-state index in [0.29, 0.717) is 0 Å². The third-order valence-electron chi connectivity index (χ3n) is 2.04. The molecule has 0 bridgehead atoms. The highest BCUT2D eigenvalue weighted by atomic mass is 79.9. The third kappa shape index (κ3) is 7.60. The molecule has 0 fully saturated rings. The quantitative estimate of drug-likeness (QED) is 0.445. The minimum Gasteiger partial charge on any atom is -0.0727 e. The molecule has 0 aliphatic rings. The van der Waals surface area contributed by atoms with Crippen LogP contribution in [0.4, 0.5) is 0 Å². The van der Waals surface area contributed by atoms with Gasteiger partial charge in [0.25, 0.3) is 0 Å². The maximum Gasteiger partial charge on any atom is 0.0805 e. The summed E-state index contributed by atoms with van der Waals surface area (Å²) in [6.07, 6.45) is 9.08.